The van der Waals surface area contributed by atoms with Crippen LogP contribution in [0.25, 0.3) is 0 Å². The summed E-state index contributed by atoms with van der Waals surface area (Å²) >= 11 is 8.43. The van der Waals surface area contributed by atoms with Gasteiger partial charge in [-0.25, -0.2) is 0 Å². The molecule has 4 fully saturated rings. The lowest BCUT2D eigenvalue weighted by molar-refractivity contribution is 0.425. The van der Waals surface area contributed by atoms with E-state index in [-0.39, 0.29) is 0 Å². The van der Waals surface area contributed by atoms with Crippen LogP contribution in [0.3, 0.4) is 0 Å². The number of rotatable bonds is 16. The Morgan fingerprint density at radius 1 is 0.600 bits per heavy atom. The van der Waals surface area contributed by atoms with Gasteiger partial charge in [0, 0.05) is 23.0 Å². The Labute approximate surface area is 168 Å². The lowest BCUT2D eigenvalue weighted by atomic mass is 10.2. The molecule has 8 heteroatoms. The molecule has 0 spiro atoms. The Morgan fingerprint density at radius 2 is 0.960 bits per heavy atom. The second kappa shape index (κ2) is 9.63. The highest BCUT2D eigenvalue weighted by molar-refractivity contribution is 8.18. The normalized spacial score (nSPS) is 34.6. The average molecular weight is 425 g/mol. The lowest BCUT2D eigenvalue weighted by Crippen LogP contribution is -2.26. The van der Waals surface area contributed by atoms with Gasteiger partial charge in [-0.2, -0.15) is 23.5 Å². The third-order valence-corrected chi connectivity index (χ3v) is 10.4. The first-order valence-electron chi connectivity index (χ1n) is 9.21. The molecule has 0 N–H and O–H groups in total. The Morgan fingerprint density at radius 3 is 1.32 bits per heavy atom. The number of hydrogen-bond donors (Lipinski definition) is 0. The third kappa shape index (κ3) is 8.02. The molecular weight excluding hydrogens is 396 g/mol. The fourth-order valence-electron chi connectivity index (χ4n) is 2.49. The van der Waals surface area contributed by atoms with E-state index in [2.05, 4.69) is 47.0 Å². The molecule has 0 radical (unpaired) electrons. The van der Waals surface area contributed by atoms with Crippen molar-refractivity contribution in [2.24, 2.45) is 0 Å². The van der Waals surface area contributed by atoms with Crippen molar-refractivity contribution in [1.29, 1.82) is 0 Å². The van der Waals surface area contributed by atoms with Gasteiger partial charge in [-0.15, -0.1) is 23.5 Å². The molecule has 0 aromatic rings. The topological polar surface area (TPSA) is 50.1 Å². The fourth-order valence-corrected chi connectivity index (χ4v) is 8.32. The molecule has 4 unspecified atom stereocenters. The van der Waals surface area contributed by atoms with Gasteiger partial charge in [-0.05, 0) is 24.3 Å². The van der Waals surface area contributed by atoms with Crippen molar-refractivity contribution in [2.45, 2.75) is 41.3 Å². The van der Waals surface area contributed by atoms with Gasteiger partial charge in [-0.3, -0.25) is 0 Å². The standard InChI is InChI=1S/C17H28O4S4/c1(3-22-9-13-5-18-13)17(24-11-15-7-20-15,25-12-16-8-21-16)2-4-23-10-14-6-19-14/h13-16H,1-12H2. The molecule has 4 rings (SSSR count). The molecule has 4 aliphatic rings. The average Bonchev–Trinajstić information content (AvgIpc) is 3.49. The molecule has 0 aromatic carbocycles. The highest BCUT2D eigenvalue weighted by Crippen LogP contribution is 2.47. The summed E-state index contributed by atoms with van der Waals surface area (Å²) in [5.41, 5.74) is 0. The van der Waals surface area contributed by atoms with E-state index in [9.17, 15) is 0 Å². The van der Waals surface area contributed by atoms with Gasteiger partial charge in [0.05, 0.1) is 54.9 Å². The number of ether oxygens (including phenoxy) is 4. The number of thioether (sulfide) groups is 4. The van der Waals surface area contributed by atoms with E-state index in [1.54, 1.807) is 0 Å². The molecule has 25 heavy (non-hydrogen) atoms. The van der Waals surface area contributed by atoms with Gasteiger partial charge < -0.3 is 18.9 Å². The molecule has 4 nitrogen and oxygen atoms in total. The van der Waals surface area contributed by atoms with Crippen molar-refractivity contribution >= 4 is 47.0 Å². The molecule has 144 valence electrons. The van der Waals surface area contributed by atoms with Crippen LogP contribution in [0.1, 0.15) is 12.8 Å². The van der Waals surface area contributed by atoms with Gasteiger partial charge in [0.1, 0.15) is 0 Å². The van der Waals surface area contributed by atoms with E-state index >= 15 is 0 Å². The maximum absolute atomic E-state index is 5.47. The lowest BCUT2D eigenvalue weighted by Gasteiger charge is -2.33. The van der Waals surface area contributed by atoms with E-state index in [0.29, 0.717) is 28.5 Å². The smallest absolute Gasteiger partial charge is 0.0900 e. The molecule has 0 amide bonds. The maximum atomic E-state index is 5.47. The van der Waals surface area contributed by atoms with Crippen LogP contribution in [0, 0.1) is 0 Å². The van der Waals surface area contributed by atoms with Crippen molar-refractivity contribution in [1.82, 2.24) is 0 Å². The zero-order valence-corrected chi connectivity index (χ0v) is 17.8. The Hall–Kier alpha value is 1.24. The minimum Gasteiger partial charge on any atom is -0.372 e. The summed E-state index contributed by atoms with van der Waals surface area (Å²) < 4.78 is 21.9. The third-order valence-electron chi connectivity index (χ3n) is 4.54. The molecule has 4 aliphatic heterocycles. The second-order valence-electron chi connectivity index (χ2n) is 7.00. The predicted octanol–water partition coefficient (Wildman–Crippen LogP) is 2.99. The van der Waals surface area contributed by atoms with Gasteiger partial charge in [0.25, 0.3) is 0 Å². The Balaban J connectivity index is 1.25. The first-order valence-corrected chi connectivity index (χ1v) is 13.5. The van der Waals surface area contributed by atoms with Crippen molar-refractivity contribution in [3.05, 3.63) is 0 Å². The predicted molar refractivity (Wildman–Crippen MR) is 110 cm³/mol. The summed E-state index contributed by atoms with van der Waals surface area (Å²) in [4.78, 5) is 0. The van der Waals surface area contributed by atoms with Crippen LogP contribution in [0.15, 0.2) is 0 Å². The molecule has 4 heterocycles. The van der Waals surface area contributed by atoms with Crippen LogP contribution in [-0.4, -0.2) is 89.4 Å². The minimum absolute atomic E-state index is 0.312. The van der Waals surface area contributed by atoms with E-state index in [0.717, 1.165) is 49.4 Å². The van der Waals surface area contributed by atoms with Crippen LogP contribution in [0.2, 0.25) is 0 Å². The van der Waals surface area contributed by atoms with Crippen molar-refractivity contribution in [2.75, 3.05) is 60.9 Å². The van der Waals surface area contributed by atoms with E-state index in [1.807, 2.05) is 0 Å². The maximum Gasteiger partial charge on any atom is 0.0900 e. The van der Waals surface area contributed by atoms with Gasteiger partial charge in [0.2, 0.25) is 0 Å². The Bertz CT molecular complexity index is 373. The quantitative estimate of drug-likeness (QED) is 0.213. The summed E-state index contributed by atoms with van der Waals surface area (Å²) in [5, 5.41) is 0. The zero-order valence-electron chi connectivity index (χ0n) is 14.6. The summed E-state index contributed by atoms with van der Waals surface area (Å²) in [6.45, 7) is 3.86. The van der Waals surface area contributed by atoms with E-state index in [1.165, 1.54) is 24.3 Å². The van der Waals surface area contributed by atoms with Gasteiger partial charge in [0.15, 0.2) is 0 Å². The fraction of sp³-hybridized carbons (Fsp3) is 1.00. The number of epoxide rings is 4. The largest absolute Gasteiger partial charge is 0.372 e. The second-order valence-corrected chi connectivity index (χ2v) is 12.4. The molecule has 4 saturated heterocycles. The Kier molecular flexibility index (Phi) is 7.53. The molecule has 0 saturated carbocycles. The first kappa shape index (κ1) is 19.6. The molecular formula is C17H28O4S4. The van der Waals surface area contributed by atoms with E-state index in [4.69, 9.17) is 18.9 Å². The summed E-state index contributed by atoms with van der Waals surface area (Å²) in [6, 6.07) is 0. The highest BCUT2D eigenvalue weighted by Gasteiger charge is 2.37. The summed E-state index contributed by atoms with van der Waals surface area (Å²) in [6.07, 6.45) is 4.60. The molecule has 4 atom stereocenters. The van der Waals surface area contributed by atoms with Gasteiger partial charge >= 0.3 is 0 Å². The SMILES string of the molecule is C(CC(CCSCC1CO1)(SCC1CO1)SCC1CO1)SCC1CO1. The number of hydrogen-bond acceptors (Lipinski definition) is 8. The van der Waals surface area contributed by atoms with Crippen LogP contribution in [0.4, 0.5) is 0 Å². The van der Waals surface area contributed by atoms with Crippen LogP contribution >= 0.6 is 47.0 Å². The van der Waals surface area contributed by atoms with Gasteiger partial charge in [-0.1, -0.05) is 0 Å². The zero-order chi connectivity index (χ0) is 17.0. The van der Waals surface area contributed by atoms with Crippen molar-refractivity contribution in [3.63, 3.8) is 0 Å². The molecule has 0 aliphatic carbocycles. The van der Waals surface area contributed by atoms with Crippen molar-refractivity contribution < 1.29 is 18.9 Å². The summed E-state index contributed by atoms with van der Waals surface area (Å²) in [7, 11) is 0. The molecule has 0 aromatic heterocycles. The van der Waals surface area contributed by atoms with Crippen molar-refractivity contribution in [3.8, 4) is 0 Å². The van der Waals surface area contributed by atoms with Crippen LogP contribution < -0.4 is 0 Å². The highest BCUT2D eigenvalue weighted by atomic mass is 32.2. The first-order chi connectivity index (χ1) is 12.3. The van der Waals surface area contributed by atoms with Crippen LogP contribution in [0.5, 0.6) is 0 Å². The monoisotopic (exact) mass is 424 g/mol. The van der Waals surface area contributed by atoms with Crippen LogP contribution in [-0.2, 0) is 18.9 Å². The minimum atomic E-state index is 0.312. The van der Waals surface area contributed by atoms with E-state index < -0.39 is 0 Å². The molecule has 0 bridgehead atoms. The summed E-state index contributed by atoms with van der Waals surface area (Å²) in [5.74, 6) is 7.07.